The SMILES string of the molecule is CCC(NC1CCC1)c1c(C)noc1C. The van der Waals surface area contributed by atoms with Crippen LogP contribution >= 0.6 is 0 Å². The second kappa shape index (κ2) is 4.35. The molecule has 1 N–H and O–H groups in total. The van der Waals surface area contributed by atoms with Crippen molar-refractivity contribution in [2.75, 3.05) is 0 Å². The van der Waals surface area contributed by atoms with Gasteiger partial charge in [0.1, 0.15) is 5.76 Å². The van der Waals surface area contributed by atoms with Gasteiger partial charge < -0.3 is 9.84 Å². The highest BCUT2D eigenvalue weighted by Gasteiger charge is 2.24. The fourth-order valence-corrected chi connectivity index (χ4v) is 2.25. The predicted molar refractivity (Wildman–Crippen MR) is 59.8 cm³/mol. The van der Waals surface area contributed by atoms with E-state index in [-0.39, 0.29) is 0 Å². The summed E-state index contributed by atoms with van der Waals surface area (Å²) in [6.45, 7) is 6.24. The molecule has 1 aliphatic carbocycles. The molecular formula is C12H20N2O. The molecule has 1 atom stereocenters. The first-order chi connectivity index (χ1) is 7.22. The Kier molecular flexibility index (Phi) is 3.10. The van der Waals surface area contributed by atoms with Crippen LogP contribution in [0.1, 0.15) is 55.7 Å². The van der Waals surface area contributed by atoms with Crippen LogP contribution in [0.15, 0.2) is 4.52 Å². The molecule has 1 aromatic heterocycles. The summed E-state index contributed by atoms with van der Waals surface area (Å²) in [4.78, 5) is 0. The lowest BCUT2D eigenvalue weighted by atomic mass is 9.91. The highest BCUT2D eigenvalue weighted by molar-refractivity contribution is 5.25. The zero-order chi connectivity index (χ0) is 10.8. The summed E-state index contributed by atoms with van der Waals surface area (Å²) in [6, 6.07) is 1.13. The third-order valence-corrected chi connectivity index (χ3v) is 3.39. The Morgan fingerprint density at radius 2 is 2.20 bits per heavy atom. The van der Waals surface area contributed by atoms with Gasteiger partial charge in [-0.3, -0.25) is 0 Å². The Morgan fingerprint density at radius 3 is 2.60 bits per heavy atom. The van der Waals surface area contributed by atoms with Crippen LogP contribution in [0.2, 0.25) is 0 Å². The minimum absolute atomic E-state index is 0.418. The summed E-state index contributed by atoms with van der Waals surface area (Å²) in [5, 5.41) is 7.71. The van der Waals surface area contributed by atoms with Crippen LogP contribution in [0.3, 0.4) is 0 Å². The van der Waals surface area contributed by atoms with Gasteiger partial charge in [-0.25, -0.2) is 0 Å². The third-order valence-electron chi connectivity index (χ3n) is 3.39. The van der Waals surface area contributed by atoms with Gasteiger partial charge in [-0.1, -0.05) is 18.5 Å². The standard InChI is InChI=1S/C12H20N2O/c1-4-11(13-10-6-5-7-10)12-8(2)14-15-9(12)3/h10-11,13H,4-7H2,1-3H3. The van der Waals surface area contributed by atoms with Gasteiger partial charge in [0.05, 0.1) is 5.69 Å². The number of hydrogen-bond donors (Lipinski definition) is 1. The Balaban J connectivity index is 2.10. The summed E-state index contributed by atoms with van der Waals surface area (Å²) in [7, 11) is 0. The summed E-state index contributed by atoms with van der Waals surface area (Å²) < 4.78 is 5.22. The van der Waals surface area contributed by atoms with Gasteiger partial charge in [-0.05, 0) is 33.1 Å². The van der Waals surface area contributed by atoms with E-state index >= 15 is 0 Å². The topological polar surface area (TPSA) is 38.1 Å². The van der Waals surface area contributed by atoms with Crippen LogP contribution in [0.25, 0.3) is 0 Å². The molecule has 3 nitrogen and oxygen atoms in total. The smallest absolute Gasteiger partial charge is 0.138 e. The van der Waals surface area contributed by atoms with Crippen LogP contribution in [-0.4, -0.2) is 11.2 Å². The van der Waals surface area contributed by atoms with Crippen LogP contribution in [0.5, 0.6) is 0 Å². The highest BCUT2D eigenvalue weighted by Crippen LogP contribution is 2.28. The molecule has 15 heavy (non-hydrogen) atoms. The van der Waals surface area contributed by atoms with Gasteiger partial charge in [-0.2, -0.15) is 0 Å². The maximum Gasteiger partial charge on any atom is 0.138 e. The molecule has 1 saturated carbocycles. The van der Waals surface area contributed by atoms with E-state index < -0.39 is 0 Å². The first-order valence-corrected chi connectivity index (χ1v) is 5.91. The molecule has 0 spiro atoms. The van der Waals surface area contributed by atoms with E-state index in [4.69, 9.17) is 4.52 Å². The Hall–Kier alpha value is -0.830. The molecular weight excluding hydrogens is 188 g/mol. The van der Waals surface area contributed by atoms with Gasteiger partial charge >= 0.3 is 0 Å². The molecule has 2 rings (SSSR count). The molecule has 0 aromatic carbocycles. The van der Waals surface area contributed by atoms with Crippen LogP contribution in [0.4, 0.5) is 0 Å². The van der Waals surface area contributed by atoms with Crippen molar-refractivity contribution in [3.05, 3.63) is 17.0 Å². The lowest BCUT2D eigenvalue weighted by Gasteiger charge is -2.31. The number of nitrogens with one attached hydrogen (secondary N) is 1. The van der Waals surface area contributed by atoms with Gasteiger partial charge in [-0.15, -0.1) is 0 Å². The molecule has 0 radical (unpaired) electrons. The molecule has 0 aliphatic heterocycles. The minimum atomic E-state index is 0.418. The van der Waals surface area contributed by atoms with Crippen molar-refractivity contribution in [3.63, 3.8) is 0 Å². The van der Waals surface area contributed by atoms with Crippen LogP contribution in [-0.2, 0) is 0 Å². The molecule has 0 amide bonds. The van der Waals surface area contributed by atoms with Gasteiger partial charge in [0.25, 0.3) is 0 Å². The van der Waals surface area contributed by atoms with Gasteiger partial charge in [0, 0.05) is 17.6 Å². The quantitative estimate of drug-likeness (QED) is 0.826. The molecule has 0 bridgehead atoms. The van der Waals surface area contributed by atoms with E-state index in [1.165, 1.54) is 24.8 Å². The van der Waals surface area contributed by atoms with Crippen molar-refractivity contribution < 1.29 is 4.52 Å². The fraction of sp³-hybridized carbons (Fsp3) is 0.750. The van der Waals surface area contributed by atoms with E-state index in [2.05, 4.69) is 17.4 Å². The van der Waals surface area contributed by atoms with Gasteiger partial charge in [0.2, 0.25) is 0 Å². The molecule has 0 saturated heterocycles. The zero-order valence-electron chi connectivity index (χ0n) is 9.84. The van der Waals surface area contributed by atoms with E-state index in [0.717, 1.165) is 17.9 Å². The number of rotatable bonds is 4. The molecule has 3 heteroatoms. The average Bonchev–Trinajstić information content (AvgIpc) is 2.47. The van der Waals surface area contributed by atoms with Crippen LogP contribution < -0.4 is 5.32 Å². The molecule has 1 heterocycles. The van der Waals surface area contributed by atoms with E-state index in [1.807, 2.05) is 13.8 Å². The average molecular weight is 208 g/mol. The minimum Gasteiger partial charge on any atom is -0.361 e. The largest absolute Gasteiger partial charge is 0.361 e. The van der Waals surface area contributed by atoms with Crippen molar-refractivity contribution in [1.82, 2.24) is 10.5 Å². The molecule has 1 unspecified atom stereocenters. The molecule has 84 valence electrons. The summed E-state index contributed by atoms with van der Waals surface area (Å²) in [5.41, 5.74) is 2.30. The lowest BCUT2D eigenvalue weighted by Crippen LogP contribution is -2.38. The molecule has 1 aromatic rings. The van der Waals surface area contributed by atoms with Crippen molar-refractivity contribution in [3.8, 4) is 0 Å². The molecule has 1 aliphatic rings. The zero-order valence-corrected chi connectivity index (χ0v) is 9.84. The fourth-order valence-electron chi connectivity index (χ4n) is 2.25. The monoisotopic (exact) mass is 208 g/mol. The normalized spacial score (nSPS) is 18.9. The predicted octanol–water partition coefficient (Wildman–Crippen LogP) is 2.88. The number of aromatic nitrogens is 1. The van der Waals surface area contributed by atoms with Crippen LogP contribution in [0, 0.1) is 13.8 Å². The second-order valence-corrected chi connectivity index (χ2v) is 4.49. The first-order valence-electron chi connectivity index (χ1n) is 5.91. The van der Waals surface area contributed by atoms with E-state index in [0.29, 0.717) is 12.1 Å². The summed E-state index contributed by atoms with van der Waals surface area (Å²) in [5.74, 6) is 0.964. The summed E-state index contributed by atoms with van der Waals surface area (Å²) >= 11 is 0. The van der Waals surface area contributed by atoms with E-state index in [9.17, 15) is 0 Å². The van der Waals surface area contributed by atoms with Crippen molar-refractivity contribution in [2.24, 2.45) is 0 Å². The van der Waals surface area contributed by atoms with Gasteiger partial charge in [0.15, 0.2) is 0 Å². The van der Waals surface area contributed by atoms with Crippen molar-refractivity contribution >= 4 is 0 Å². The number of hydrogen-bond acceptors (Lipinski definition) is 3. The summed E-state index contributed by atoms with van der Waals surface area (Å²) in [6.07, 6.45) is 5.11. The maximum atomic E-state index is 5.22. The van der Waals surface area contributed by atoms with Crippen molar-refractivity contribution in [1.29, 1.82) is 0 Å². The maximum absolute atomic E-state index is 5.22. The van der Waals surface area contributed by atoms with Crippen molar-refractivity contribution in [2.45, 2.75) is 58.5 Å². The Morgan fingerprint density at radius 1 is 1.47 bits per heavy atom. The molecule has 1 fully saturated rings. The highest BCUT2D eigenvalue weighted by atomic mass is 16.5. The lowest BCUT2D eigenvalue weighted by molar-refractivity contribution is 0.299. The number of aryl methyl sites for hydroxylation is 2. The first kappa shape index (κ1) is 10.7. The van der Waals surface area contributed by atoms with E-state index in [1.54, 1.807) is 0 Å². The third kappa shape index (κ3) is 2.07. The number of nitrogens with zero attached hydrogens (tertiary/aromatic N) is 1. The second-order valence-electron chi connectivity index (χ2n) is 4.49. The Bertz CT molecular complexity index is 309. The Labute approximate surface area is 91.2 Å².